The minimum atomic E-state index is 0.0774. The van der Waals surface area contributed by atoms with Crippen molar-refractivity contribution < 1.29 is 5.11 Å². The highest BCUT2D eigenvalue weighted by atomic mass is 16.3. The van der Waals surface area contributed by atoms with Crippen LogP contribution in [0.25, 0.3) is 0 Å². The van der Waals surface area contributed by atoms with E-state index < -0.39 is 0 Å². The third kappa shape index (κ3) is 2.18. The Bertz CT molecular complexity index is 239. The highest BCUT2D eigenvalue weighted by molar-refractivity contribution is 5.43. The van der Waals surface area contributed by atoms with E-state index in [1.807, 2.05) is 6.07 Å². The van der Waals surface area contributed by atoms with Crippen molar-refractivity contribution in [3.05, 3.63) is 23.9 Å². The number of pyridine rings is 1. The maximum Gasteiger partial charge on any atom is 0.130 e. The number of hydrogen-bond donors (Lipinski definition) is 2. The van der Waals surface area contributed by atoms with E-state index in [4.69, 9.17) is 10.8 Å². The summed E-state index contributed by atoms with van der Waals surface area (Å²) in [5.41, 5.74) is 8.03. The average molecular weight is 166 g/mol. The topological polar surface area (TPSA) is 69.0 Å². The minimum absolute atomic E-state index is 0.0774. The Morgan fingerprint density at radius 3 is 3.08 bits per heavy atom. The van der Waals surface area contributed by atoms with Crippen LogP contribution >= 0.6 is 0 Å². The monoisotopic (exact) mass is 166 g/mol. The molecule has 12 heavy (non-hydrogen) atoms. The number of aromatic nitrogens is 1. The second-order valence-corrected chi connectivity index (χ2v) is 2.34. The minimum Gasteiger partial charge on any atom is -0.395 e. The third-order valence-corrected chi connectivity index (χ3v) is 1.49. The second-order valence-electron chi connectivity index (χ2n) is 2.34. The maximum absolute atomic E-state index is 8.55. The van der Waals surface area contributed by atoms with Gasteiger partial charge in [0.25, 0.3) is 0 Å². The first-order valence-electron chi connectivity index (χ1n) is 3.81. The summed E-state index contributed by atoms with van der Waals surface area (Å²) in [5, 5.41) is 11.5. The van der Waals surface area contributed by atoms with Crippen molar-refractivity contribution in [2.24, 2.45) is 0 Å². The number of rotatable bonds is 4. The Balaban J connectivity index is 2.68. The molecule has 0 unspecified atom stereocenters. The average Bonchev–Trinajstić information content (AvgIpc) is 2.15. The van der Waals surface area contributed by atoms with E-state index in [1.54, 1.807) is 12.3 Å². The van der Waals surface area contributed by atoms with Crippen LogP contribution in [0.5, 0.6) is 0 Å². The van der Waals surface area contributed by atoms with Crippen LogP contribution in [0, 0.1) is 0 Å². The molecule has 65 valence electrons. The number of aliphatic hydroxyl groups is 1. The summed E-state index contributed by atoms with van der Waals surface area (Å²) in [6, 6.07) is 3.65. The Morgan fingerprint density at radius 1 is 1.58 bits per heavy atom. The number of hydrogen-bond acceptors (Lipinski definition) is 3. The largest absolute Gasteiger partial charge is 0.395 e. The fourth-order valence-corrected chi connectivity index (χ4v) is 0.915. The molecule has 0 spiro atoms. The van der Waals surface area contributed by atoms with Gasteiger partial charge in [0, 0.05) is 24.8 Å². The lowest BCUT2D eigenvalue weighted by molar-refractivity contribution is 0.311. The van der Waals surface area contributed by atoms with E-state index >= 15 is 0 Å². The normalized spacial score (nSPS) is 9.83. The number of nitrogens with one attached hydrogen (secondary N) is 2. The quantitative estimate of drug-likeness (QED) is 0.674. The van der Waals surface area contributed by atoms with Crippen molar-refractivity contribution in [3.63, 3.8) is 0 Å². The first-order chi connectivity index (χ1) is 5.88. The van der Waals surface area contributed by atoms with E-state index in [9.17, 15) is 0 Å². The highest BCUT2D eigenvalue weighted by Gasteiger charge is 1.98. The smallest absolute Gasteiger partial charge is 0.130 e. The van der Waals surface area contributed by atoms with Gasteiger partial charge in [-0.3, -0.25) is 5.73 Å². The molecule has 1 heterocycles. The zero-order chi connectivity index (χ0) is 8.81. The molecule has 4 nitrogen and oxygen atoms in total. The fourth-order valence-electron chi connectivity index (χ4n) is 0.915. The predicted molar refractivity (Wildman–Crippen MR) is 46.6 cm³/mol. The summed E-state index contributed by atoms with van der Waals surface area (Å²) < 4.78 is 0. The molecule has 1 aromatic heterocycles. The van der Waals surface area contributed by atoms with Gasteiger partial charge in [-0.2, -0.15) is 0 Å². The molecule has 0 bridgehead atoms. The molecule has 0 aliphatic rings. The molecule has 0 fully saturated rings. The molecule has 0 amide bonds. The standard InChI is InChI=1S/C8H12N3O/c9-6-7-2-1-3-10-8(7)11-4-5-12/h1-3,9,12H,4-6H2,(H,10,11). The zero-order valence-corrected chi connectivity index (χ0v) is 6.75. The molecule has 0 aliphatic heterocycles. The molecule has 1 aromatic rings. The van der Waals surface area contributed by atoms with Crippen LogP contribution in [0.3, 0.4) is 0 Å². The summed E-state index contributed by atoms with van der Waals surface area (Å²) in [5.74, 6) is 0.696. The SMILES string of the molecule is [NH]Cc1cccnc1NCCO. The van der Waals surface area contributed by atoms with E-state index in [1.165, 1.54) is 0 Å². The molecule has 1 radical (unpaired) electrons. The molecular weight excluding hydrogens is 154 g/mol. The van der Waals surface area contributed by atoms with Gasteiger partial charge in [-0.15, -0.1) is 0 Å². The van der Waals surface area contributed by atoms with Crippen LogP contribution in [0.1, 0.15) is 5.56 Å². The maximum atomic E-state index is 8.55. The van der Waals surface area contributed by atoms with Crippen molar-refractivity contribution in [3.8, 4) is 0 Å². The first-order valence-corrected chi connectivity index (χ1v) is 3.81. The lowest BCUT2D eigenvalue weighted by atomic mass is 10.2. The Hall–Kier alpha value is -1.13. The van der Waals surface area contributed by atoms with Crippen molar-refractivity contribution in [2.75, 3.05) is 18.5 Å². The van der Waals surface area contributed by atoms with E-state index in [-0.39, 0.29) is 13.2 Å². The molecule has 1 rings (SSSR count). The Morgan fingerprint density at radius 2 is 2.42 bits per heavy atom. The van der Waals surface area contributed by atoms with Gasteiger partial charge in [0.1, 0.15) is 5.82 Å². The van der Waals surface area contributed by atoms with Gasteiger partial charge in [0.2, 0.25) is 0 Å². The lowest BCUT2D eigenvalue weighted by Gasteiger charge is -2.06. The van der Waals surface area contributed by atoms with Crippen LogP contribution in [0.2, 0.25) is 0 Å². The van der Waals surface area contributed by atoms with Gasteiger partial charge < -0.3 is 10.4 Å². The number of aliphatic hydroxyl groups excluding tert-OH is 1. The van der Waals surface area contributed by atoms with Crippen LogP contribution in [0.4, 0.5) is 5.82 Å². The van der Waals surface area contributed by atoms with Crippen molar-refractivity contribution >= 4 is 5.82 Å². The first kappa shape index (κ1) is 8.96. The molecule has 0 saturated heterocycles. The van der Waals surface area contributed by atoms with Gasteiger partial charge in [0.15, 0.2) is 0 Å². The van der Waals surface area contributed by atoms with Gasteiger partial charge >= 0.3 is 0 Å². The molecule has 4 heteroatoms. The van der Waals surface area contributed by atoms with Crippen molar-refractivity contribution in [1.29, 1.82) is 0 Å². The molecule has 0 saturated carbocycles. The summed E-state index contributed by atoms with van der Waals surface area (Å²) in [6.07, 6.45) is 1.67. The van der Waals surface area contributed by atoms with Crippen LogP contribution in [-0.4, -0.2) is 23.2 Å². The summed E-state index contributed by atoms with van der Waals surface area (Å²) in [4.78, 5) is 4.04. The number of anilines is 1. The molecule has 0 aliphatic carbocycles. The van der Waals surface area contributed by atoms with Gasteiger partial charge in [-0.05, 0) is 6.07 Å². The number of nitrogens with zero attached hydrogens (tertiary/aromatic N) is 1. The summed E-state index contributed by atoms with van der Waals surface area (Å²) in [6.45, 7) is 0.764. The summed E-state index contributed by atoms with van der Waals surface area (Å²) in [7, 11) is 0. The van der Waals surface area contributed by atoms with Gasteiger partial charge in [-0.25, -0.2) is 4.98 Å². The van der Waals surface area contributed by atoms with Gasteiger partial charge in [-0.1, -0.05) is 6.07 Å². The van der Waals surface area contributed by atoms with Gasteiger partial charge in [0.05, 0.1) is 6.61 Å². The molecule has 3 N–H and O–H groups in total. The Kier molecular flexibility index (Phi) is 3.50. The van der Waals surface area contributed by atoms with E-state index in [2.05, 4.69) is 10.3 Å². The van der Waals surface area contributed by atoms with Crippen molar-refractivity contribution in [2.45, 2.75) is 6.54 Å². The summed E-state index contributed by atoms with van der Waals surface area (Å²) >= 11 is 0. The van der Waals surface area contributed by atoms with Crippen LogP contribution in [0.15, 0.2) is 18.3 Å². The molecular formula is C8H12N3O. The van der Waals surface area contributed by atoms with Crippen molar-refractivity contribution in [1.82, 2.24) is 10.7 Å². The highest BCUT2D eigenvalue weighted by Crippen LogP contribution is 2.09. The van der Waals surface area contributed by atoms with E-state index in [0.29, 0.717) is 12.4 Å². The molecule has 0 aromatic carbocycles. The predicted octanol–water partition coefficient (Wildman–Crippen LogP) is 0.269. The third-order valence-electron chi connectivity index (χ3n) is 1.49. The van der Waals surface area contributed by atoms with Crippen LogP contribution in [-0.2, 0) is 6.54 Å². The van der Waals surface area contributed by atoms with Crippen LogP contribution < -0.4 is 11.1 Å². The zero-order valence-electron chi connectivity index (χ0n) is 6.75. The second kappa shape index (κ2) is 4.69. The molecule has 0 atom stereocenters. The lowest BCUT2D eigenvalue weighted by Crippen LogP contribution is -2.09. The Labute approximate surface area is 71.4 Å². The van der Waals surface area contributed by atoms with E-state index in [0.717, 1.165) is 5.56 Å². The fraction of sp³-hybridized carbons (Fsp3) is 0.375.